The predicted octanol–water partition coefficient (Wildman–Crippen LogP) is 2.17. The molecule has 110 valence electrons. The smallest absolute Gasteiger partial charge is 0.254 e. The number of hydrogen-bond donors (Lipinski definition) is 2. The molecule has 0 saturated carbocycles. The number of nitrogens with two attached hydrogens (primary N) is 1. The molecule has 1 aromatic carbocycles. The van der Waals surface area contributed by atoms with Crippen LogP contribution >= 0.6 is 23.2 Å². The second-order valence-corrected chi connectivity index (χ2v) is 4.92. The van der Waals surface area contributed by atoms with Crippen LogP contribution in [-0.4, -0.2) is 36.3 Å². The molecular weight excluding hydrogens is 301 g/mol. The van der Waals surface area contributed by atoms with Gasteiger partial charge < -0.3 is 16.0 Å². The van der Waals surface area contributed by atoms with Crippen molar-refractivity contribution in [1.29, 1.82) is 0 Å². The lowest BCUT2D eigenvalue weighted by Crippen LogP contribution is -2.40. The molecule has 1 rings (SSSR count). The van der Waals surface area contributed by atoms with Gasteiger partial charge in [0.15, 0.2) is 0 Å². The van der Waals surface area contributed by atoms with Crippen LogP contribution in [-0.2, 0) is 4.79 Å². The average molecular weight is 318 g/mol. The van der Waals surface area contributed by atoms with Crippen molar-refractivity contribution in [1.82, 2.24) is 10.2 Å². The molecule has 5 nitrogen and oxygen atoms in total. The number of benzene rings is 1. The Hall–Kier alpha value is -1.46. The van der Waals surface area contributed by atoms with Crippen molar-refractivity contribution in [2.24, 2.45) is 0 Å². The van der Waals surface area contributed by atoms with Crippen molar-refractivity contribution in [3.63, 3.8) is 0 Å². The molecule has 0 aliphatic carbocycles. The standard InChI is InChI=1S/C13H17Cl2N3O2/c1-3-17-11(19)7-18(4-2)13(20)8-5-9(14)12(15)10(16)6-8/h5-6H,3-4,7,16H2,1-2H3,(H,17,19). The largest absolute Gasteiger partial charge is 0.397 e. The number of nitrogens with zero attached hydrogens (tertiary/aromatic N) is 1. The van der Waals surface area contributed by atoms with Gasteiger partial charge in [-0.15, -0.1) is 0 Å². The number of nitrogen functional groups attached to an aromatic ring is 1. The molecule has 0 aliphatic heterocycles. The maximum atomic E-state index is 12.3. The summed E-state index contributed by atoms with van der Waals surface area (Å²) in [6.07, 6.45) is 0. The number of nitrogens with one attached hydrogen (secondary N) is 1. The van der Waals surface area contributed by atoms with Gasteiger partial charge in [0.25, 0.3) is 5.91 Å². The van der Waals surface area contributed by atoms with Gasteiger partial charge in [0.1, 0.15) is 0 Å². The molecule has 0 aromatic heterocycles. The van der Waals surface area contributed by atoms with Crippen LogP contribution < -0.4 is 11.1 Å². The van der Waals surface area contributed by atoms with E-state index < -0.39 is 0 Å². The molecule has 0 bridgehead atoms. The van der Waals surface area contributed by atoms with E-state index in [9.17, 15) is 9.59 Å². The third-order valence-corrected chi connectivity index (χ3v) is 3.50. The van der Waals surface area contributed by atoms with Gasteiger partial charge in [0.2, 0.25) is 5.91 Å². The van der Waals surface area contributed by atoms with Crippen molar-refractivity contribution in [2.75, 3.05) is 25.4 Å². The van der Waals surface area contributed by atoms with Crippen LogP contribution in [0.4, 0.5) is 5.69 Å². The number of carbonyl (C=O) groups is 2. The molecule has 1 aromatic rings. The third kappa shape index (κ3) is 4.02. The molecule has 0 saturated heterocycles. The molecule has 7 heteroatoms. The van der Waals surface area contributed by atoms with E-state index in [4.69, 9.17) is 28.9 Å². The second kappa shape index (κ2) is 7.36. The SMILES string of the molecule is CCNC(=O)CN(CC)C(=O)c1cc(N)c(Cl)c(Cl)c1. The quantitative estimate of drug-likeness (QED) is 0.817. The molecule has 0 unspecified atom stereocenters. The highest BCUT2D eigenvalue weighted by atomic mass is 35.5. The van der Waals surface area contributed by atoms with Gasteiger partial charge in [0.05, 0.1) is 22.3 Å². The van der Waals surface area contributed by atoms with E-state index in [1.54, 1.807) is 6.92 Å². The summed E-state index contributed by atoms with van der Waals surface area (Å²) >= 11 is 11.8. The summed E-state index contributed by atoms with van der Waals surface area (Å²) in [6.45, 7) is 4.51. The van der Waals surface area contributed by atoms with Crippen LogP contribution in [0.15, 0.2) is 12.1 Å². The van der Waals surface area contributed by atoms with Crippen LogP contribution in [0.25, 0.3) is 0 Å². The molecule has 0 radical (unpaired) electrons. The lowest BCUT2D eigenvalue weighted by molar-refractivity contribution is -0.121. The van der Waals surface area contributed by atoms with E-state index in [0.717, 1.165) is 0 Å². The Morgan fingerprint density at radius 3 is 2.45 bits per heavy atom. The van der Waals surface area contributed by atoms with Gasteiger partial charge >= 0.3 is 0 Å². The van der Waals surface area contributed by atoms with Crippen molar-refractivity contribution < 1.29 is 9.59 Å². The normalized spacial score (nSPS) is 10.2. The molecule has 3 N–H and O–H groups in total. The van der Waals surface area contributed by atoms with Crippen LogP contribution in [0.2, 0.25) is 10.0 Å². The summed E-state index contributed by atoms with van der Waals surface area (Å²) < 4.78 is 0. The predicted molar refractivity (Wildman–Crippen MR) is 81.1 cm³/mol. The first-order chi connectivity index (χ1) is 9.40. The first kappa shape index (κ1) is 16.6. The van der Waals surface area contributed by atoms with E-state index in [-0.39, 0.29) is 34.1 Å². The Kier molecular flexibility index (Phi) is 6.10. The number of carbonyl (C=O) groups excluding carboxylic acids is 2. The van der Waals surface area contributed by atoms with E-state index in [0.29, 0.717) is 18.7 Å². The van der Waals surface area contributed by atoms with E-state index in [1.165, 1.54) is 17.0 Å². The third-order valence-electron chi connectivity index (χ3n) is 2.68. The number of halogens is 2. The lowest BCUT2D eigenvalue weighted by Gasteiger charge is -2.20. The molecule has 0 fully saturated rings. The zero-order valence-corrected chi connectivity index (χ0v) is 12.9. The summed E-state index contributed by atoms with van der Waals surface area (Å²) in [5.74, 6) is -0.528. The highest BCUT2D eigenvalue weighted by molar-refractivity contribution is 6.43. The van der Waals surface area contributed by atoms with Gasteiger partial charge in [-0.3, -0.25) is 9.59 Å². The molecule has 0 spiro atoms. The van der Waals surface area contributed by atoms with Crippen LogP contribution in [0.3, 0.4) is 0 Å². The van der Waals surface area contributed by atoms with Gasteiger partial charge in [0, 0.05) is 18.7 Å². The fourth-order valence-electron chi connectivity index (χ4n) is 1.67. The summed E-state index contributed by atoms with van der Waals surface area (Å²) in [4.78, 5) is 25.3. The first-order valence-corrected chi connectivity index (χ1v) is 6.96. The maximum Gasteiger partial charge on any atom is 0.254 e. The second-order valence-electron chi connectivity index (χ2n) is 4.13. The first-order valence-electron chi connectivity index (χ1n) is 6.21. The summed E-state index contributed by atoms with van der Waals surface area (Å²) in [7, 11) is 0. The van der Waals surface area contributed by atoms with Crippen molar-refractivity contribution in [3.05, 3.63) is 27.7 Å². The molecule has 0 aliphatic rings. The van der Waals surface area contributed by atoms with Crippen molar-refractivity contribution in [3.8, 4) is 0 Å². The highest BCUT2D eigenvalue weighted by Gasteiger charge is 2.19. The Labute approximate surface area is 128 Å². The lowest BCUT2D eigenvalue weighted by atomic mass is 10.1. The van der Waals surface area contributed by atoms with Crippen molar-refractivity contribution >= 4 is 40.7 Å². The molecule has 0 atom stereocenters. The fourth-order valence-corrected chi connectivity index (χ4v) is 2.01. The minimum Gasteiger partial charge on any atom is -0.397 e. The summed E-state index contributed by atoms with van der Waals surface area (Å²) in [6, 6.07) is 2.90. The van der Waals surface area contributed by atoms with E-state index in [1.807, 2.05) is 6.92 Å². The topological polar surface area (TPSA) is 75.4 Å². The Balaban J connectivity index is 2.94. The van der Waals surface area contributed by atoms with E-state index in [2.05, 4.69) is 5.32 Å². The Morgan fingerprint density at radius 2 is 1.95 bits per heavy atom. The van der Waals surface area contributed by atoms with Crippen LogP contribution in [0.1, 0.15) is 24.2 Å². The highest BCUT2D eigenvalue weighted by Crippen LogP contribution is 2.29. The van der Waals surface area contributed by atoms with Crippen molar-refractivity contribution in [2.45, 2.75) is 13.8 Å². The van der Waals surface area contributed by atoms with Crippen LogP contribution in [0, 0.1) is 0 Å². The Bertz CT molecular complexity index is 497. The molecule has 20 heavy (non-hydrogen) atoms. The zero-order valence-electron chi connectivity index (χ0n) is 11.4. The number of hydrogen-bond acceptors (Lipinski definition) is 3. The van der Waals surface area contributed by atoms with Crippen LogP contribution in [0.5, 0.6) is 0 Å². The maximum absolute atomic E-state index is 12.3. The zero-order chi connectivity index (χ0) is 15.3. The molecule has 0 heterocycles. The monoisotopic (exact) mass is 317 g/mol. The average Bonchev–Trinajstić information content (AvgIpc) is 2.41. The van der Waals surface area contributed by atoms with Gasteiger partial charge in [-0.1, -0.05) is 23.2 Å². The molecular formula is C13H17Cl2N3O2. The number of amides is 2. The number of likely N-dealkylation sites (N-methyl/N-ethyl adjacent to an activating group) is 2. The summed E-state index contributed by atoms with van der Waals surface area (Å²) in [5.41, 5.74) is 6.22. The van der Waals surface area contributed by atoms with Gasteiger partial charge in [-0.2, -0.15) is 0 Å². The van der Waals surface area contributed by atoms with Gasteiger partial charge in [-0.05, 0) is 26.0 Å². The van der Waals surface area contributed by atoms with E-state index >= 15 is 0 Å². The number of rotatable bonds is 5. The molecule has 2 amide bonds. The minimum atomic E-state index is -0.316. The fraction of sp³-hybridized carbons (Fsp3) is 0.385. The summed E-state index contributed by atoms with van der Waals surface area (Å²) in [5, 5.41) is 3.07. The van der Waals surface area contributed by atoms with Gasteiger partial charge in [-0.25, -0.2) is 0 Å². The number of anilines is 1. The Morgan fingerprint density at radius 1 is 1.30 bits per heavy atom. The minimum absolute atomic E-state index is 0.0106.